The fourth-order valence-electron chi connectivity index (χ4n) is 1.61. The van der Waals surface area contributed by atoms with Gasteiger partial charge in [-0.2, -0.15) is 0 Å². The monoisotopic (exact) mass is 244 g/mol. The molecule has 0 bridgehead atoms. The van der Waals surface area contributed by atoms with Crippen LogP contribution in [0.5, 0.6) is 0 Å². The van der Waals surface area contributed by atoms with Gasteiger partial charge in [0.15, 0.2) is 0 Å². The maximum Gasteiger partial charge on any atom is 0.276 e. The van der Waals surface area contributed by atoms with Gasteiger partial charge in [0.1, 0.15) is 5.70 Å². The fourth-order valence-corrected chi connectivity index (χ4v) is 2.27. The minimum Gasteiger partial charge on any atom is -0.369 e. The van der Waals surface area contributed by atoms with E-state index in [1.807, 2.05) is 18.2 Å². The van der Waals surface area contributed by atoms with Crippen molar-refractivity contribution in [2.45, 2.75) is 0 Å². The second kappa shape index (κ2) is 3.67. The highest BCUT2D eigenvalue weighted by molar-refractivity contribution is 7.16. The number of rotatable bonds is 1. The molecule has 17 heavy (non-hydrogen) atoms. The molecule has 0 unspecified atom stereocenters. The molecule has 2 aromatic rings. The van der Waals surface area contributed by atoms with Gasteiger partial charge in [-0.3, -0.25) is 10.1 Å². The van der Waals surface area contributed by atoms with Crippen LogP contribution in [0.3, 0.4) is 0 Å². The van der Waals surface area contributed by atoms with Crippen molar-refractivity contribution in [3.63, 3.8) is 0 Å². The van der Waals surface area contributed by atoms with Crippen molar-refractivity contribution in [3.05, 3.63) is 35.0 Å². The van der Waals surface area contributed by atoms with Crippen LogP contribution >= 0.6 is 11.3 Å². The number of guanidine groups is 1. The van der Waals surface area contributed by atoms with Crippen molar-refractivity contribution >= 4 is 39.5 Å². The smallest absolute Gasteiger partial charge is 0.276 e. The van der Waals surface area contributed by atoms with Crippen molar-refractivity contribution in [3.8, 4) is 0 Å². The Kier molecular flexibility index (Phi) is 2.15. The fraction of sp³-hybridized carbons (Fsp3) is 0. The highest BCUT2D eigenvalue weighted by Crippen LogP contribution is 2.20. The molecule has 1 aromatic heterocycles. The van der Waals surface area contributed by atoms with Crippen LogP contribution in [0.2, 0.25) is 0 Å². The Labute approximate surface area is 101 Å². The Morgan fingerprint density at radius 1 is 1.41 bits per heavy atom. The van der Waals surface area contributed by atoms with E-state index in [9.17, 15) is 4.79 Å². The normalized spacial score (nSPS) is 17.5. The summed E-state index contributed by atoms with van der Waals surface area (Å²) in [5.41, 5.74) is 9.32. The molecular formula is C11H8N4OS. The predicted octanol–water partition coefficient (Wildman–Crippen LogP) is 1.08. The second-order valence-corrected chi connectivity index (χ2v) is 4.45. The maximum atomic E-state index is 11.4. The third-order valence-corrected chi connectivity index (χ3v) is 3.18. The molecule has 1 aliphatic heterocycles. The number of aromatic nitrogens is 1. The molecule has 0 spiro atoms. The summed E-state index contributed by atoms with van der Waals surface area (Å²) in [6, 6.07) is 5.81. The Hall–Kier alpha value is -2.21. The second-order valence-electron chi connectivity index (χ2n) is 3.56. The van der Waals surface area contributed by atoms with Crippen LogP contribution in [-0.2, 0) is 4.79 Å². The molecule has 6 heteroatoms. The van der Waals surface area contributed by atoms with E-state index >= 15 is 0 Å². The van der Waals surface area contributed by atoms with Crippen LogP contribution in [0.15, 0.2) is 34.4 Å². The first-order valence-electron chi connectivity index (χ1n) is 4.93. The summed E-state index contributed by atoms with van der Waals surface area (Å²) in [6.07, 6.45) is 1.69. The molecule has 2 heterocycles. The highest BCUT2D eigenvalue weighted by Gasteiger charge is 2.17. The SMILES string of the molecule is NC1=N/C(=C\c2ccc3scnc3c2)C(=O)N1. The van der Waals surface area contributed by atoms with Gasteiger partial charge in [-0.1, -0.05) is 6.07 Å². The average molecular weight is 244 g/mol. The summed E-state index contributed by atoms with van der Waals surface area (Å²) in [4.78, 5) is 19.5. The molecule has 84 valence electrons. The number of thiazole rings is 1. The number of nitrogens with one attached hydrogen (secondary N) is 1. The van der Waals surface area contributed by atoms with E-state index in [0.29, 0.717) is 5.70 Å². The number of nitrogens with two attached hydrogens (primary N) is 1. The van der Waals surface area contributed by atoms with Gasteiger partial charge >= 0.3 is 0 Å². The summed E-state index contributed by atoms with van der Waals surface area (Å²) in [5, 5.41) is 2.43. The van der Waals surface area contributed by atoms with Crippen LogP contribution in [0, 0.1) is 0 Å². The number of carbonyl (C=O) groups is 1. The number of carbonyl (C=O) groups excluding carboxylic acids is 1. The quantitative estimate of drug-likeness (QED) is 0.737. The number of benzene rings is 1. The van der Waals surface area contributed by atoms with Crippen LogP contribution in [0.1, 0.15) is 5.56 Å². The number of hydrogen-bond donors (Lipinski definition) is 2. The predicted molar refractivity (Wildman–Crippen MR) is 67.4 cm³/mol. The van der Waals surface area contributed by atoms with Gasteiger partial charge in [0.05, 0.1) is 15.7 Å². The zero-order chi connectivity index (χ0) is 11.8. The number of fused-ring (bicyclic) bond motifs is 1. The molecule has 0 fully saturated rings. The molecule has 1 amide bonds. The molecule has 0 atom stereocenters. The lowest BCUT2D eigenvalue weighted by molar-refractivity contribution is -0.115. The van der Waals surface area contributed by atoms with Crippen molar-refractivity contribution in [2.75, 3.05) is 0 Å². The molecular weight excluding hydrogens is 236 g/mol. The van der Waals surface area contributed by atoms with E-state index in [0.717, 1.165) is 15.8 Å². The van der Waals surface area contributed by atoms with E-state index in [2.05, 4.69) is 15.3 Å². The lowest BCUT2D eigenvalue weighted by atomic mass is 10.2. The van der Waals surface area contributed by atoms with Crippen molar-refractivity contribution in [1.29, 1.82) is 0 Å². The van der Waals surface area contributed by atoms with E-state index in [4.69, 9.17) is 5.73 Å². The molecule has 5 nitrogen and oxygen atoms in total. The average Bonchev–Trinajstić information content (AvgIpc) is 2.85. The lowest BCUT2D eigenvalue weighted by Crippen LogP contribution is -2.30. The summed E-state index contributed by atoms with van der Waals surface area (Å²) in [6.45, 7) is 0. The molecule has 0 radical (unpaired) electrons. The van der Waals surface area contributed by atoms with Crippen LogP contribution in [0.4, 0.5) is 0 Å². The molecule has 3 rings (SSSR count). The van der Waals surface area contributed by atoms with Crippen molar-refractivity contribution < 1.29 is 4.79 Å². The summed E-state index contributed by atoms with van der Waals surface area (Å²) in [5.74, 6) is -0.142. The van der Waals surface area contributed by atoms with Crippen LogP contribution in [0.25, 0.3) is 16.3 Å². The summed E-state index contributed by atoms with van der Waals surface area (Å²) >= 11 is 1.58. The van der Waals surface area contributed by atoms with Crippen molar-refractivity contribution in [2.24, 2.45) is 10.7 Å². The first-order valence-corrected chi connectivity index (χ1v) is 5.81. The number of aliphatic imine (C=N–C) groups is 1. The van der Waals surface area contributed by atoms with Gasteiger partial charge in [0.25, 0.3) is 5.91 Å². The zero-order valence-corrected chi connectivity index (χ0v) is 9.49. The minimum atomic E-state index is -0.277. The van der Waals surface area contributed by atoms with Gasteiger partial charge in [0.2, 0.25) is 5.96 Å². The molecule has 0 saturated heterocycles. The van der Waals surface area contributed by atoms with Crippen molar-refractivity contribution in [1.82, 2.24) is 10.3 Å². The van der Waals surface area contributed by atoms with Crippen LogP contribution < -0.4 is 11.1 Å². The van der Waals surface area contributed by atoms with Gasteiger partial charge in [-0.15, -0.1) is 11.3 Å². The van der Waals surface area contributed by atoms with Gasteiger partial charge in [-0.25, -0.2) is 9.98 Å². The number of nitrogens with zero attached hydrogens (tertiary/aromatic N) is 2. The maximum absolute atomic E-state index is 11.4. The van der Waals surface area contributed by atoms with Gasteiger partial charge < -0.3 is 5.73 Å². The third kappa shape index (κ3) is 1.78. The minimum absolute atomic E-state index is 0.135. The Morgan fingerprint density at radius 3 is 3.06 bits per heavy atom. The highest BCUT2D eigenvalue weighted by atomic mass is 32.1. The molecule has 3 N–H and O–H groups in total. The van der Waals surface area contributed by atoms with Gasteiger partial charge in [0, 0.05) is 0 Å². The van der Waals surface area contributed by atoms with Gasteiger partial charge in [-0.05, 0) is 23.8 Å². The van der Waals surface area contributed by atoms with Crippen LogP contribution in [-0.4, -0.2) is 16.9 Å². The molecule has 0 aliphatic carbocycles. The van der Waals surface area contributed by atoms with E-state index in [1.54, 1.807) is 22.9 Å². The van der Waals surface area contributed by atoms with E-state index in [-0.39, 0.29) is 11.9 Å². The Balaban J connectivity index is 2.04. The van der Waals surface area contributed by atoms with E-state index in [1.165, 1.54) is 0 Å². The number of hydrogen-bond acceptors (Lipinski definition) is 5. The summed E-state index contributed by atoms with van der Waals surface area (Å²) in [7, 11) is 0. The molecule has 1 aromatic carbocycles. The third-order valence-electron chi connectivity index (χ3n) is 2.37. The molecule has 0 saturated carbocycles. The Bertz CT molecular complexity index is 671. The summed E-state index contributed by atoms with van der Waals surface area (Å²) < 4.78 is 1.12. The lowest BCUT2D eigenvalue weighted by Gasteiger charge is -1.94. The zero-order valence-electron chi connectivity index (χ0n) is 8.68. The largest absolute Gasteiger partial charge is 0.369 e. The first kappa shape index (κ1) is 9.98. The Morgan fingerprint density at radius 2 is 2.29 bits per heavy atom. The topological polar surface area (TPSA) is 80.4 Å². The van der Waals surface area contributed by atoms with E-state index < -0.39 is 0 Å². The first-order chi connectivity index (χ1) is 8.22. The number of amides is 1. The standard InChI is InChI=1S/C11H8N4OS/c12-11-14-8(10(16)15-11)4-6-1-2-9-7(3-6)13-5-17-9/h1-5H,(H3,12,14,15,16)/b8-4-. The molecule has 1 aliphatic rings.